The average molecular weight is 556 g/mol. The van der Waals surface area contributed by atoms with E-state index >= 15 is 0 Å². The Morgan fingerprint density at radius 1 is 1.12 bits per heavy atom. The fourth-order valence-corrected chi connectivity index (χ4v) is 5.69. The molecule has 1 aliphatic carbocycles. The highest BCUT2D eigenvalue weighted by Crippen LogP contribution is 2.39. The number of nitrogens with one attached hydrogen (secondary N) is 1. The van der Waals surface area contributed by atoms with Gasteiger partial charge in [-0.25, -0.2) is 9.78 Å². The van der Waals surface area contributed by atoms with Crippen LogP contribution in [-0.2, 0) is 17.7 Å². The molecule has 4 heterocycles. The number of fused-ring (bicyclic) bond motifs is 1. The molecule has 2 fully saturated rings. The number of benzene rings is 1. The number of ether oxygens (including phenoxy) is 1. The summed E-state index contributed by atoms with van der Waals surface area (Å²) in [6.07, 6.45) is 7.71. The van der Waals surface area contributed by atoms with E-state index in [1.807, 2.05) is 33.2 Å². The number of imidazole rings is 1. The van der Waals surface area contributed by atoms with E-state index in [0.717, 1.165) is 65.1 Å². The number of aromatic amines is 1. The predicted molar refractivity (Wildman–Crippen MR) is 159 cm³/mol. The highest BCUT2D eigenvalue weighted by Gasteiger charge is 2.33. The number of amides is 1. The van der Waals surface area contributed by atoms with Gasteiger partial charge in [0.15, 0.2) is 0 Å². The topological polar surface area (TPSA) is 92.2 Å². The SMILES string of the molecule is CC1CC1Cn1cc(-c2ccc3nc(Cc4cc(C(C)N5CCN(C(=O)OC(C)(C)C)CC5)ccn4)[nH]c3c2)cn1. The molecule has 41 heavy (non-hydrogen) atoms. The monoisotopic (exact) mass is 555 g/mol. The second-order valence-corrected chi connectivity index (χ2v) is 12.8. The van der Waals surface area contributed by atoms with Crippen LogP contribution in [0.2, 0.25) is 0 Å². The van der Waals surface area contributed by atoms with Crippen LogP contribution in [0, 0.1) is 11.8 Å². The third-order valence-corrected chi connectivity index (χ3v) is 8.38. The van der Waals surface area contributed by atoms with Gasteiger partial charge >= 0.3 is 6.09 Å². The van der Waals surface area contributed by atoms with E-state index in [4.69, 9.17) is 9.72 Å². The van der Waals surface area contributed by atoms with Gasteiger partial charge in [0.2, 0.25) is 0 Å². The van der Waals surface area contributed by atoms with Crippen LogP contribution in [0.1, 0.15) is 64.2 Å². The number of aromatic nitrogens is 5. The van der Waals surface area contributed by atoms with Crippen LogP contribution < -0.4 is 0 Å². The Balaban J connectivity index is 1.09. The van der Waals surface area contributed by atoms with Crippen molar-refractivity contribution in [3.63, 3.8) is 0 Å². The fraction of sp³-hybridized carbons (Fsp3) is 0.500. The number of carbonyl (C=O) groups excluding carboxylic acids is 1. The molecular formula is C32H41N7O2. The van der Waals surface area contributed by atoms with E-state index in [0.29, 0.717) is 19.5 Å². The first-order valence-corrected chi connectivity index (χ1v) is 14.8. The Bertz CT molecular complexity index is 1530. The van der Waals surface area contributed by atoms with E-state index in [2.05, 4.69) is 75.0 Å². The summed E-state index contributed by atoms with van der Waals surface area (Å²) in [5, 5.41) is 4.58. The molecule has 3 aromatic heterocycles. The van der Waals surface area contributed by atoms with Crippen LogP contribution in [0.25, 0.3) is 22.2 Å². The van der Waals surface area contributed by atoms with Gasteiger partial charge in [0, 0.05) is 68.8 Å². The Morgan fingerprint density at radius 2 is 1.90 bits per heavy atom. The number of hydrogen-bond donors (Lipinski definition) is 1. The summed E-state index contributed by atoms with van der Waals surface area (Å²) in [5.41, 5.74) is 5.97. The molecule has 0 spiro atoms. The van der Waals surface area contributed by atoms with Gasteiger partial charge in [-0.05, 0) is 81.3 Å². The zero-order valence-corrected chi connectivity index (χ0v) is 24.8. The minimum atomic E-state index is -0.477. The van der Waals surface area contributed by atoms with Crippen molar-refractivity contribution in [2.75, 3.05) is 26.2 Å². The van der Waals surface area contributed by atoms with Gasteiger partial charge in [-0.1, -0.05) is 13.0 Å². The molecule has 1 amide bonds. The van der Waals surface area contributed by atoms with Crippen LogP contribution in [0.15, 0.2) is 48.9 Å². The van der Waals surface area contributed by atoms with Crippen LogP contribution >= 0.6 is 0 Å². The van der Waals surface area contributed by atoms with Crippen LogP contribution in [-0.4, -0.2) is 72.4 Å². The highest BCUT2D eigenvalue weighted by atomic mass is 16.6. The van der Waals surface area contributed by atoms with Crippen molar-refractivity contribution in [2.24, 2.45) is 11.8 Å². The third kappa shape index (κ3) is 6.45. The molecule has 1 aromatic carbocycles. The van der Waals surface area contributed by atoms with Gasteiger partial charge in [-0.2, -0.15) is 5.10 Å². The van der Waals surface area contributed by atoms with Crippen molar-refractivity contribution < 1.29 is 9.53 Å². The lowest BCUT2D eigenvalue weighted by atomic mass is 10.1. The maximum absolute atomic E-state index is 12.4. The first-order valence-electron chi connectivity index (χ1n) is 14.8. The second-order valence-electron chi connectivity index (χ2n) is 12.8. The van der Waals surface area contributed by atoms with Crippen molar-refractivity contribution in [1.29, 1.82) is 0 Å². The number of carbonyl (C=O) groups is 1. The molecule has 3 atom stereocenters. The van der Waals surface area contributed by atoms with Crippen LogP contribution in [0.3, 0.4) is 0 Å². The minimum absolute atomic E-state index is 0.222. The number of hydrogen-bond acceptors (Lipinski definition) is 6. The second kappa shape index (κ2) is 10.9. The van der Waals surface area contributed by atoms with Gasteiger partial charge in [-0.15, -0.1) is 0 Å². The van der Waals surface area contributed by atoms with E-state index in [9.17, 15) is 4.79 Å². The molecule has 0 bridgehead atoms. The zero-order chi connectivity index (χ0) is 28.7. The van der Waals surface area contributed by atoms with E-state index in [1.54, 1.807) is 4.90 Å². The Morgan fingerprint density at radius 3 is 2.63 bits per heavy atom. The average Bonchev–Trinajstić information content (AvgIpc) is 3.27. The van der Waals surface area contributed by atoms with E-state index in [-0.39, 0.29) is 12.1 Å². The Hall–Kier alpha value is -3.72. The highest BCUT2D eigenvalue weighted by molar-refractivity contribution is 5.81. The summed E-state index contributed by atoms with van der Waals surface area (Å²) >= 11 is 0. The number of rotatable bonds is 7. The van der Waals surface area contributed by atoms with Crippen molar-refractivity contribution >= 4 is 17.1 Å². The van der Waals surface area contributed by atoms with E-state index < -0.39 is 5.60 Å². The quantitative estimate of drug-likeness (QED) is 0.315. The molecule has 1 saturated heterocycles. The predicted octanol–water partition coefficient (Wildman–Crippen LogP) is 5.68. The van der Waals surface area contributed by atoms with Gasteiger partial charge in [0.1, 0.15) is 11.4 Å². The lowest BCUT2D eigenvalue weighted by Gasteiger charge is -2.38. The van der Waals surface area contributed by atoms with Gasteiger partial charge in [0.05, 0.1) is 17.2 Å². The summed E-state index contributed by atoms with van der Waals surface area (Å²) in [4.78, 5) is 29.7. The molecule has 216 valence electrons. The lowest BCUT2D eigenvalue weighted by molar-refractivity contribution is 0.0110. The van der Waals surface area contributed by atoms with Crippen LogP contribution in [0.4, 0.5) is 4.79 Å². The van der Waals surface area contributed by atoms with Crippen molar-refractivity contribution in [3.05, 3.63) is 66.0 Å². The van der Waals surface area contributed by atoms with Gasteiger partial charge < -0.3 is 14.6 Å². The largest absolute Gasteiger partial charge is 0.444 e. The molecule has 9 heteroatoms. The summed E-state index contributed by atoms with van der Waals surface area (Å²) in [5.74, 6) is 2.49. The van der Waals surface area contributed by atoms with Gasteiger partial charge in [0.25, 0.3) is 0 Å². The number of pyridine rings is 1. The summed E-state index contributed by atoms with van der Waals surface area (Å²) in [6, 6.07) is 10.8. The van der Waals surface area contributed by atoms with Crippen LogP contribution in [0.5, 0.6) is 0 Å². The summed E-state index contributed by atoms with van der Waals surface area (Å²) in [7, 11) is 0. The summed E-state index contributed by atoms with van der Waals surface area (Å²) in [6.45, 7) is 14.2. The molecule has 4 aromatic rings. The summed E-state index contributed by atoms with van der Waals surface area (Å²) < 4.78 is 7.62. The number of H-pyrrole nitrogens is 1. The van der Waals surface area contributed by atoms with Crippen molar-refractivity contribution in [1.82, 2.24) is 34.5 Å². The Kier molecular flexibility index (Phi) is 7.32. The number of nitrogens with zero attached hydrogens (tertiary/aromatic N) is 6. The molecule has 2 aliphatic rings. The minimum Gasteiger partial charge on any atom is -0.444 e. The molecule has 3 unspecified atom stereocenters. The molecule has 6 rings (SSSR count). The fourth-order valence-electron chi connectivity index (χ4n) is 5.69. The molecule has 1 aliphatic heterocycles. The third-order valence-electron chi connectivity index (χ3n) is 8.38. The maximum atomic E-state index is 12.4. The van der Waals surface area contributed by atoms with E-state index in [1.165, 1.54) is 12.0 Å². The molecular weight excluding hydrogens is 514 g/mol. The smallest absolute Gasteiger partial charge is 0.410 e. The lowest BCUT2D eigenvalue weighted by Crippen LogP contribution is -2.50. The molecule has 9 nitrogen and oxygen atoms in total. The zero-order valence-electron chi connectivity index (χ0n) is 24.8. The molecule has 1 N–H and O–H groups in total. The maximum Gasteiger partial charge on any atom is 0.410 e. The normalized spacial score (nSPS) is 20.4. The molecule has 0 radical (unpaired) electrons. The first-order chi connectivity index (χ1) is 19.6. The Labute approximate surface area is 241 Å². The van der Waals surface area contributed by atoms with Crippen molar-refractivity contribution in [2.45, 2.75) is 65.6 Å². The first kappa shape index (κ1) is 27.4. The van der Waals surface area contributed by atoms with Crippen molar-refractivity contribution in [3.8, 4) is 11.1 Å². The number of piperazine rings is 1. The standard InChI is InChI=1S/C32H41N7O2/c1-21-14-25(21)19-39-20-26(18-34-39)24-6-7-28-29(16-24)36-30(35-28)17-27-15-23(8-9-33-27)22(2)37-10-12-38(13-11-37)31(40)41-32(3,4)5/h6-9,15-16,18,20-22,25H,10-14,17,19H2,1-5H3,(H,35,36). The molecule has 1 saturated carbocycles. The van der Waals surface area contributed by atoms with Gasteiger partial charge in [-0.3, -0.25) is 14.6 Å².